The first kappa shape index (κ1) is 14.8. The monoisotopic (exact) mass is 281 g/mol. The Kier molecular flexibility index (Phi) is 5.10. The molecule has 0 spiro atoms. The van der Waals surface area contributed by atoms with Crippen LogP contribution in [0.2, 0.25) is 0 Å². The number of nitrogens with one attached hydrogen (secondary N) is 2. The van der Waals surface area contributed by atoms with Crippen LogP contribution in [0.15, 0.2) is 53.6 Å². The van der Waals surface area contributed by atoms with Gasteiger partial charge >= 0.3 is 0 Å². The van der Waals surface area contributed by atoms with E-state index in [-0.39, 0.29) is 12.5 Å². The molecule has 21 heavy (non-hydrogen) atoms. The average molecular weight is 281 g/mol. The van der Waals surface area contributed by atoms with E-state index in [9.17, 15) is 4.79 Å². The van der Waals surface area contributed by atoms with Gasteiger partial charge in [-0.3, -0.25) is 4.79 Å². The molecule has 0 radical (unpaired) electrons. The normalized spacial score (nSPS) is 10.6. The Labute approximate surface area is 124 Å². The van der Waals surface area contributed by atoms with Crippen molar-refractivity contribution in [2.45, 2.75) is 13.8 Å². The lowest BCUT2D eigenvalue weighted by Crippen LogP contribution is -2.26. The molecular formula is C17H19N3O. The number of carbonyl (C=O) groups is 1. The molecule has 0 aliphatic rings. The molecule has 4 heteroatoms. The summed E-state index contributed by atoms with van der Waals surface area (Å²) in [6.07, 6.45) is 1.63. The van der Waals surface area contributed by atoms with Gasteiger partial charge in [-0.05, 0) is 31.0 Å². The molecule has 2 aromatic carbocycles. The Hall–Kier alpha value is -2.62. The maximum atomic E-state index is 11.7. The Morgan fingerprint density at radius 2 is 1.81 bits per heavy atom. The summed E-state index contributed by atoms with van der Waals surface area (Å²) in [6.45, 7) is 4.21. The summed E-state index contributed by atoms with van der Waals surface area (Å²) in [5.74, 6) is -0.179. The first-order valence-electron chi connectivity index (χ1n) is 6.83. The zero-order chi connectivity index (χ0) is 15.1. The van der Waals surface area contributed by atoms with Gasteiger partial charge in [0.2, 0.25) is 0 Å². The summed E-state index contributed by atoms with van der Waals surface area (Å²) in [6, 6.07) is 15.8. The minimum atomic E-state index is -0.179. The second kappa shape index (κ2) is 7.24. The van der Waals surface area contributed by atoms with Crippen molar-refractivity contribution in [3.8, 4) is 0 Å². The third-order valence-corrected chi connectivity index (χ3v) is 3.06. The van der Waals surface area contributed by atoms with E-state index in [1.54, 1.807) is 6.21 Å². The van der Waals surface area contributed by atoms with Gasteiger partial charge in [0.15, 0.2) is 0 Å². The molecule has 0 bridgehead atoms. The van der Waals surface area contributed by atoms with Crippen molar-refractivity contribution in [1.29, 1.82) is 0 Å². The topological polar surface area (TPSA) is 53.5 Å². The van der Waals surface area contributed by atoms with E-state index in [2.05, 4.69) is 15.8 Å². The predicted molar refractivity (Wildman–Crippen MR) is 86.6 cm³/mol. The number of hydrogen-bond donors (Lipinski definition) is 2. The van der Waals surface area contributed by atoms with Crippen LogP contribution < -0.4 is 10.7 Å². The third-order valence-electron chi connectivity index (χ3n) is 3.06. The van der Waals surface area contributed by atoms with Gasteiger partial charge in [-0.25, -0.2) is 5.43 Å². The van der Waals surface area contributed by atoms with Crippen molar-refractivity contribution >= 4 is 17.8 Å². The van der Waals surface area contributed by atoms with Gasteiger partial charge in [-0.15, -0.1) is 0 Å². The minimum absolute atomic E-state index is 0.179. The van der Waals surface area contributed by atoms with Crippen LogP contribution in [0.3, 0.4) is 0 Å². The highest BCUT2D eigenvalue weighted by molar-refractivity contribution is 5.84. The molecule has 2 N–H and O–H groups in total. The van der Waals surface area contributed by atoms with Crippen LogP contribution in [0.1, 0.15) is 16.7 Å². The number of nitrogens with zero attached hydrogens (tertiary/aromatic N) is 1. The number of carbonyl (C=O) groups excluding carboxylic acids is 1. The van der Waals surface area contributed by atoms with Crippen LogP contribution in [-0.2, 0) is 4.79 Å². The molecule has 0 saturated heterocycles. The van der Waals surface area contributed by atoms with Crippen LogP contribution in [0, 0.1) is 13.8 Å². The molecule has 0 saturated carbocycles. The van der Waals surface area contributed by atoms with Crippen LogP contribution in [0.5, 0.6) is 0 Å². The van der Waals surface area contributed by atoms with E-state index in [1.807, 2.05) is 62.4 Å². The molecule has 0 aromatic heterocycles. The molecule has 4 nitrogen and oxygen atoms in total. The summed E-state index contributed by atoms with van der Waals surface area (Å²) in [4.78, 5) is 11.7. The first-order valence-corrected chi connectivity index (χ1v) is 6.83. The molecule has 1 amide bonds. The summed E-state index contributed by atoms with van der Waals surface area (Å²) >= 11 is 0. The van der Waals surface area contributed by atoms with Crippen LogP contribution >= 0.6 is 0 Å². The lowest BCUT2D eigenvalue weighted by Gasteiger charge is -2.07. The lowest BCUT2D eigenvalue weighted by molar-refractivity contribution is -0.119. The molecule has 0 aliphatic carbocycles. The van der Waals surface area contributed by atoms with Gasteiger partial charge in [-0.2, -0.15) is 5.10 Å². The highest BCUT2D eigenvalue weighted by Gasteiger charge is 2.00. The highest BCUT2D eigenvalue weighted by atomic mass is 16.2. The van der Waals surface area contributed by atoms with Crippen molar-refractivity contribution in [3.63, 3.8) is 0 Å². The minimum Gasteiger partial charge on any atom is -0.376 e. The number of anilines is 1. The van der Waals surface area contributed by atoms with Gasteiger partial charge in [0, 0.05) is 5.69 Å². The lowest BCUT2D eigenvalue weighted by atomic mass is 10.2. The van der Waals surface area contributed by atoms with Gasteiger partial charge in [0.05, 0.1) is 12.8 Å². The van der Waals surface area contributed by atoms with Gasteiger partial charge in [0.1, 0.15) is 0 Å². The molecule has 0 atom stereocenters. The highest BCUT2D eigenvalue weighted by Crippen LogP contribution is 2.12. The van der Waals surface area contributed by atoms with Crippen molar-refractivity contribution in [2.24, 2.45) is 5.10 Å². The Bertz CT molecular complexity index is 633. The van der Waals surface area contributed by atoms with Crippen molar-refractivity contribution in [1.82, 2.24) is 5.43 Å². The summed E-state index contributed by atoms with van der Waals surface area (Å²) in [5, 5.41) is 7.02. The fourth-order valence-corrected chi connectivity index (χ4v) is 1.82. The standard InChI is InChI=1S/C17H19N3O/c1-13-7-9-15(10-8-13)11-19-20-17(21)12-18-16-6-4-3-5-14(16)2/h3-11,18H,12H2,1-2H3,(H,20,21)/b19-11+. The van der Waals surface area contributed by atoms with E-state index in [0.717, 1.165) is 16.8 Å². The van der Waals surface area contributed by atoms with Crippen LogP contribution in [0.25, 0.3) is 0 Å². The molecular weight excluding hydrogens is 262 g/mol. The van der Waals surface area contributed by atoms with E-state index < -0.39 is 0 Å². The number of para-hydroxylation sites is 1. The summed E-state index contributed by atoms with van der Waals surface area (Å²) < 4.78 is 0. The molecule has 0 aliphatic heterocycles. The fraction of sp³-hybridized carbons (Fsp3) is 0.176. The number of benzene rings is 2. The largest absolute Gasteiger partial charge is 0.376 e. The van der Waals surface area contributed by atoms with Gasteiger partial charge in [-0.1, -0.05) is 48.0 Å². The second-order valence-electron chi connectivity index (χ2n) is 4.87. The first-order chi connectivity index (χ1) is 10.1. The van der Waals surface area contributed by atoms with Crippen LogP contribution in [-0.4, -0.2) is 18.7 Å². The quantitative estimate of drug-likeness (QED) is 0.654. The Morgan fingerprint density at radius 1 is 1.10 bits per heavy atom. The van der Waals surface area contributed by atoms with E-state index in [4.69, 9.17) is 0 Å². The summed E-state index contributed by atoms with van der Waals surface area (Å²) in [5.41, 5.74) is 6.71. The smallest absolute Gasteiger partial charge is 0.259 e. The molecule has 2 aromatic rings. The predicted octanol–water partition coefficient (Wildman–Crippen LogP) is 2.87. The van der Waals surface area contributed by atoms with E-state index >= 15 is 0 Å². The maximum Gasteiger partial charge on any atom is 0.259 e. The zero-order valence-electron chi connectivity index (χ0n) is 12.3. The molecule has 0 unspecified atom stereocenters. The van der Waals surface area contributed by atoms with Gasteiger partial charge in [0.25, 0.3) is 5.91 Å². The van der Waals surface area contributed by atoms with E-state index in [0.29, 0.717) is 0 Å². The number of hydrogen-bond acceptors (Lipinski definition) is 3. The van der Waals surface area contributed by atoms with Crippen molar-refractivity contribution < 1.29 is 4.79 Å². The number of amides is 1. The second-order valence-corrected chi connectivity index (χ2v) is 4.87. The van der Waals surface area contributed by atoms with Crippen molar-refractivity contribution in [2.75, 3.05) is 11.9 Å². The zero-order valence-corrected chi connectivity index (χ0v) is 12.3. The number of aryl methyl sites for hydroxylation is 2. The summed E-state index contributed by atoms with van der Waals surface area (Å²) in [7, 11) is 0. The van der Waals surface area contributed by atoms with Crippen LogP contribution in [0.4, 0.5) is 5.69 Å². The maximum absolute atomic E-state index is 11.7. The molecule has 0 fully saturated rings. The molecule has 108 valence electrons. The fourth-order valence-electron chi connectivity index (χ4n) is 1.82. The van der Waals surface area contributed by atoms with E-state index in [1.165, 1.54) is 5.56 Å². The molecule has 0 heterocycles. The SMILES string of the molecule is Cc1ccc(/C=N/NC(=O)CNc2ccccc2C)cc1. The average Bonchev–Trinajstić information content (AvgIpc) is 2.48. The van der Waals surface area contributed by atoms with Crippen molar-refractivity contribution in [3.05, 3.63) is 65.2 Å². The third kappa shape index (κ3) is 4.76. The Morgan fingerprint density at radius 3 is 2.52 bits per heavy atom. The number of hydrazone groups is 1. The molecule has 2 rings (SSSR count). The Balaban J connectivity index is 1.80. The number of rotatable bonds is 5. The van der Waals surface area contributed by atoms with Gasteiger partial charge < -0.3 is 5.32 Å².